The number of carbonyl (C=O) groups is 3. The van der Waals surface area contributed by atoms with E-state index in [0.717, 1.165) is 48.9 Å². The summed E-state index contributed by atoms with van der Waals surface area (Å²) >= 11 is 1.32. The minimum Gasteiger partial charge on any atom is -0.466 e. The molecule has 1 saturated heterocycles. The van der Waals surface area contributed by atoms with E-state index in [4.69, 9.17) is 15.2 Å². The summed E-state index contributed by atoms with van der Waals surface area (Å²) in [4.78, 5) is 40.5. The fourth-order valence-corrected chi connectivity index (χ4v) is 5.68. The smallest absolute Gasteiger partial charge is 0.309 e. The molecule has 2 aliphatic rings. The van der Waals surface area contributed by atoms with Crippen molar-refractivity contribution in [1.29, 1.82) is 0 Å². The van der Waals surface area contributed by atoms with Gasteiger partial charge >= 0.3 is 5.97 Å². The molecule has 1 atom stereocenters. The van der Waals surface area contributed by atoms with Gasteiger partial charge in [0.25, 0.3) is 11.8 Å². The van der Waals surface area contributed by atoms with Crippen molar-refractivity contribution in [3.63, 3.8) is 0 Å². The number of rotatable bonds is 7. The highest BCUT2D eigenvalue weighted by atomic mass is 32.1. The Labute approximate surface area is 197 Å². The van der Waals surface area contributed by atoms with Crippen LogP contribution in [-0.4, -0.2) is 55.6 Å². The Balaban J connectivity index is 1.46. The minimum atomic E-state index is -0.571. The Kier molecular flexibility index (Phi) is 7.42. The molecule has 2 aromatic rings. The molecule has 4 rings (SSSR count). The van der Waals surface area contributed by atoms with Crippen LogP contribution in [0, 0.1) is 5.92 Å². The number of benzene rings is 1. The summed E-state index contributed by atoms with van der Waals surface area (Å²) in [5.74, 6) is -1.33. The number of nitrogens with one attached hydrogen (secondary N) is 1. The van der Waals surface area contributed by atoms with Crippen LogP contribution in [0.3, 0.4) is 0 Å². The molecule has 0 bridgehead atoms. The van der Waals surface area contributed by atoms with Gasteiger partial charge in [0.15, 0.2) is 0 Å². The molecule has 1 fully saturated rings. The van der Waals surface area contributed by atoms with E-state index in [0.29, 0.717) is 42.0 Å². The van der Waals surface area contributed by atoms with Gasteiger partial charge in [-0.25, -0.2) is 0 Å². The fourth-order valence-electron chi connectivity index (χ4n) is 4.35. The summed E-state index contributed by atoms with van der Waals surface area (Å²) in [5, 5.41) is 3.31. The first kappa shape index (κ1) is 23.4. The van der Waals surface area contributed by atoms with Crippen molar-refractivity contribution >= 4 is 34.1 Å². The molecule has 1 aliphatic carbocycles. The maximum absolute atomic E-state index is 12.9. The van der Waals surface area contributed by atoms with Crippen LogP contribution in [0.5, 0.6) is 0 Å². The lowest BCUT2D eigenvalue weighted by Gasteiger charge is -2.26. The number of amides is 2. The van der Waals surface area contributed by atoms with Crippen molar-refractivity contribution in [2.75, 3.05) is 38.2 Å². The zero-order chi connectivity index (χ0) is 23.4. The molecule has 0 radical (unpaired) electrons. The summed E-state index contributed by atoms with van der Waals surface area (Å²) < 4.78 is 10.5. The van der Waals surface area contributed by atoms with Crippen LogP contribution in [-0.2, 0) is 33.7 Å². The number of hydrogen-bond donors (Lipinski definition) is 2. The minimum absolute atomic E-state index is 0.222. The quantitative estimate of drug-likeness (QED) is 0.601. The van der Waals surface area contributed by atoms with Crippen molar-refractivity contribution in [2.45, 2.75) is 32.7 Å². The van der Waals surface area contributed by atoms with Gasteiger partial charge in [0.2, 0.25) is 0 Å². The Hall–Kier alpha value is -2.75. The standard InChI is InChI=1S/C24H29N3O5S/c1-2-32-24(30)17-7-8-18-19(13-17)33-23(20(18)21(25)28)26-22(29)16-5-3-15(4-6-16)14-27-9-11-31-12-10-27/h3-6,17H,2,7-14H2,1H3,(H2,25,28)(H,26,29). The summed E-state index contributed by atoms with van der Waals surface area (Å²) in [6, 6.07) is 7.48. The Bertz CT molecular complexity index is 1030. The van der Waals surface area contributed by atoms with Crippen LogP contribution in [0.25, 0.3) is 0 Å². The highest BCUT2D eigenvalue weighted by molar-refractivity contribution is 7.17. The van der Waals surface area contributed by atoms with E-state index in [1.807, 2.05) is 12.1 Å². The van der Waals surface area contributed by atoms with Gasteiger partial charge in [0, 0.05) is 30.1 Å². The summed E-state index contributed by atoms with van der Waals surface area (Å²) in [6.07, 6.45) is 1.64. The number of fused-ring (bicyclic) bond motifs is 1. The molecule has 8 nitrogen and oxygen atoms in total. The SMILES string of the molecule is CCOC(=O)C1CCc2c(sc(NC(=O)c3ccc(CN4CCOCC4)cc3)c2C(N)=O)C1. The van der Waals surface area contributed by atoms with E-state index in [1.54, 1.807) is 19.1 Å². The Morgan fingerprint density at radius 3 is 2.61 bits per heavy atom. The van der Waals surface area contributed by atoms with Gasteiger partial charge in [0.05, 0.1) is 31.3 Å². The molecule has 0 spiro atoms. The summed E-state index contributed by atoms with van der Waals surface area (Å²) in [6.45, 7) is 6.23. The number of esters is 1. The molecule has 0 saturated carbocycles. The number of morpholine rings is 1. The van der Waals surface area contributed by atoms with Gasteiger partial charge in [-0.05, 0) is 49.4 Å². The molecular formula is C24H29N3O5S. The van der Waals surface area contributed by atoms with Crippen LogP contribution in [0.2, 0.25) is 0 Å². The van der Waals surface area contributed by atoms with E-state index in [1.165, 1.54) is 11.3 Å². The molecule has 2 amide bonds. The number of thiophene rings is 1. The molecule has 1 aliphatic heterocycles. The lowest BCUT2D eigenvalue weighted by atomic mass is 9.87. The van der Waals surface area contributed by atoms with Gasteiger partial charge in [-0.3, -0.25) is 19.3 Å². The van der Waals surface area contributed by atoms with Gasteiger partial charge < -0.3 is 20.5 Å². The average Bonchev–Trinajstić information content (AvgIpc) is 3.17. The highest BCUT2D eigenvalue weighted by Gasteiger charge is 2.32. The second kappa shape index (κ2) is 10.5. The first-order valence-electron chi connectivity index (χ1n) is 11.3. The monoisotopic (exact) mass is 471 g/mol. The van der Waals surface area contributed by atoms with Crippen LogP contribution in [0.4, 0.5) is 5.00 Å². The number of nitrogens with zero attached hydrogens (tertiary/aromatic N) is 1. The normalized spacial score (nSPS) is 18.4. The van der Waals surface area contributed by atoms with E-state index >= 15 is 0 Å². The molecule has 33 heavy (non-hydrogen) atoms. The van der Waals surface area contributed by atoms with E-state index in [2.05, 4.69) is 10.2 Å². The van der Waals surface area contributed by atoms with Crippen molar-refractivity contribution in [1.82, 2.24) is 4.90 Å². The Morgan fingerprint density at radius 2 is 1.94 bits per heavy atom. The zero-order valence-corrected chi connectivity index (χ0v) is 19.5. The lowest BCUT2D eigenvalue weighted by molar-refractivity contribution is -0.148. The second-order valence-corrected chi connectivity index (χ2v) is 9.41. The average molecular weight is 472 g/mol. The van der Waals surface area contributed by atoms with Crippen LogP contribution in [0.15, 0.2) is 24.3 Å². The maximum Gasteiger partial charge on any atom is 0.309 e. The molecular weight excluding hydrogens is 442 g/mol. The largest absolute Gasteiger partial charge is 0.466 e. The van der Waals surface area contributed by atoms with Crippen molar-refractivity contribution in [2.24, 2.45) is 11.7 Å². The van der Waals surface area contributed by atoms with Crippen LogP contribution in [0.1, 0.15) is 50.1 Å². The first-order chi connectivity index (χ1) is 16.0. The molecule has 176 valence electrons. The van der Waals surface area contributed by atoms with Crippen LogP contribution < -0.4 is 11.1 Å². The third kappa shape index (κ3) is 5.43. The number of ether oxygens (including phenoxy) is 2. The van der Waals surface area contributed by atoms with Gasteiger partial charge in [-0.15, -0.1) is 11.3 Å². The fraction of sp³-hybridized carbons (Fsp3) is 0.458. The summed E-state index contributed by atoms with van der Waals surface area (Å²) in [7, 11) is 0. The lowest BCUT2D eigenvalue weighted by Crippen LogP contribution is -2.35. The van der Waals surface area contributed by atoms with E-state index in [-0.39, 0.29) is 17.8 Å². The number of carbonyl (C=O) groups excluding carboxylic acids is 3. The second-order valence-electron chi connectivity index (χ2n) is 8.30. The molecule has 3 N–H and O–H groups in total. The topological polar surface area (TPSA) is 111 Å². The van der Waals surface area contributed by atoms with Crippen molar-refractivity contribution < 1.29 is 23.9 Å². The third-order valence-electron chi connectivity index (χ3n) is 6.08. The highest BCUT2D eigenvalue weighted by Crippen LogP contribution is 2.40. The predicted molar refractivity (Wildman–Crippen MR) is 125 cm³/mol. The summed E-state index contributed by atoms with van der Waals surface area (Å²) in [5.41, 5.74) is 8.49. The van der Waals surface area contributed by atoms with Gasteiger partial charge in [-0.2, -0.15) is 0 Å². The van der Waals surface area contributed by atoms with Crippen molar-refractivity contribution in [3.05, 3.63) is 51.4 Å². The van der Waals surface area contributed by atoms with Crippen molar-refractivity contribution in [3.8, 4) is 0 Å². The number of anilines is 1. The molecule has 2 heterocycles. The molecule has 9 heteroatoms. The van der Waals surface area contributed by atoms with E-state index in [9.17, 15) is 14.4 Å². The van der Waals surface area contributed by atoms with Crippen LogP contribution >= 0.6 is 11.3 Å². The molecule has 1 unspecified atom stereocenters. The predicted octanol–water partition coefficient (Wildman–Crippen LogP) is 2.60. The van der Waals surface area contributed by atoms with E-state index < -0.39 is 5.91 Å². The zero-order valence-electron chi connectivity index (χ0n) is 18.7. The Morgan fingerprint density at radius 1 is 1.21 bits per heavy atom. The number of primary amides is 1. The molecule has 1 aromatic heterocycles. The first-order valence-corrected chi connectivity index (χ1v) is 12.1. The maximum atomic E-state index is 12.9. The number of nitrogens with two attached hydrogens (primary N) is 1. The molecule has 1 aromatic carbocycles. The third-order valence-corrected chi connectivity index (χ3v) is 7.25. The van der Waals surface area contributed by atoms with Gasteiger partial charge in [-0.1, -0.05) is 12.1 Å². The van der Waals surface area contributed by atoms with Gasteiger partial charge in [0.1, 0.15) is 5.00 Å². The number of hydrogen-bond acceptors (Lipinski definition) is 7.